The number of hydrogen-bond donors (Lipinski definition) is 0. The summed E-state index contributed by atoms with van der Waals surface area (Å²) < 4.78 is 0. The van der Waals surface area contributed by atoms with E-state index in [-0.39, 0.29) is 67.1 Å². The Morgan fingerprint density at radius 1 is 0.632 bits per heavy atom. The Balaban J connectivity index is -0.000000393. The molecule has 0 aliphatic rings. The second-order valence-corrected chi connectivity index (χ2v) is 6.67. The van der Waals surface area contributed by atoms with Gasteiger partial charge in [0, 0.05) is 51.2 Å². The van der Waals surface area contributed by atoms with Crippen molar-refractivity contribution in [2.45, 2.75) is 0 Å². The van der Waals surface area contributed by atoms with Crippen molar-refractivity contribution in [3.05, 3.63) is 60.7 Å². The van der Waals surface area contributed by atoms with Crippen LogP contribution in [-0.2, 0) is 67.1 Å². The molecule has 0 amide bonds. The van der Waals surface area contributed by atoms with Crippen LogP contribution >= 0.6 is 27.6 Å². The van der Waals surface area contributed by atoms with E-state index in [1.807, 2.05) is 0 Å². The predicted molar refractivity (Wildman–Crippen MR) is 72.2 cm³/mol. The molecule has 2 aromatic rings. The van der Waals surface area contributed by atoms with Gasteiger partial charge in [0.05, 0.1) is 0 Å². The third-order valence-corrected chi connectivity index (χ3v) is 3.08. The Morgan fingerprint density at radius 3 is 1.16 bits per heavy atom. The average molecular weight is 531 g/mol. The van der Waals surface area contributed by atoms with Gasteiger partial charge in [-0.2, -0.15) is 0 Å². The van der Waals surface area contributed by atoms with E-state index in [0.29, 0.717) is 0 Å². The quantitative estimate of drug-likeness (QED) is 0.410. The van der Waals surface area contributed by atoms with Crippen LogP contribution in [0, 0.1) is 0 Å². The second kappa shape index (κ2) is 17.7. The Kier molecular flexibility index (Phi) is 23.9. The fourth-order valence-corrected chi connectivity index (χ4v) is 2.26. The Morgan fingerprint density at radius 2 is 0.895 bits per heavy atom. The first-order chi connectivity index (χ1) is 7.86. The number of halogens is 2. The van der Waals surface area contributed by atoms with E-state index >= 15 is 0 Å². The molecule has 0 bridgehead atoms. The van der Waals surface area contributed by atoms with E-state index in [1.165, 1.54) is 10.6 Å². The van der Waals surface area contributed by atoms with E-state index in [4.69, 9.17) is 19.1 Å². The van der Waals surface area contributed by atoms with Crippen LogP contribution in [0.2, 0.25) is 0 Å². The van der Waals surface area contributed by atoms with Crippen molar-refractivity contribution in [1.29, 1.82) is 0 Å². The normalized spacial score (nSPS) is 7.89. The predicted octanol–water partition coefficient (Wildman–Crippen LogP) is 3.68. The summed E-state index contributed by atoms with van der Waals surface area (Å²) in [6, 6.07) is 21.2. The molecule has 2 aromatic carbocycles. The van der Waals surface area contributed by atoms with Crippen LogP contribution in [0.3, 0.4) is 0 Å². The summed E-state index contributed by atoms with van der Waals surface area (Å²) in [6.07, 6.45) is 0. The molecule has 0 unspecified atom stereocenters. The van der Waals surface area contributed by atoms with Gasteiger partial charge in [-0.05, 0) is 10.6 Å². The fourth-order valence-electron chi connectivity index (χ4n) is 1.21. The molecule has 0 N–H and O–H groups in total. The number of rotatable bonds is 2. The van der Waals surface area contributed by atoms with E-state index in [2.05, 4.69) is 60.7 Å². The minimum atomic E-state index is -0.106. The maximum atomic E-state index is 4.81. The first-order valence-corrected chi connectivity index (χ1v) is 9.56. The molecule has 0 aromatic heterocycles. The smallest absolute Gasteiger partial charge is 0 e. The fraction of sp³-hybridized carbons (Fsp3) is 0. The summed E-state index contributed by atoms with van der Waals surface area (Å²) in [5.74, 6) is 0. The van der Waals surface area contributed by atoms with Crippen molar-refractivity contribution in [1.82, 2.24) is 0 Å². The SMILES string of the molecule is [Cl][Pd][Cl].[Fe].[Fe].[Fe].c1ccc(Pc2ccccc2)cc1. The molecule has 0 fully saturated rings. The minimum Gasteiger partial charge on any atom is -0.0622 e. The standard InChI is InChI=1S/C12H11P.2ClH.3Fe.Pd/c1-3-7-11(8-4-1)13-12-9-5-2-6-10-12;;;;;;/h1-10,13H;2*1H;;;;/q;;;;;;+2/p-2. The molecule has 0 radical (unpaired) electrons. The van der Waals surface area contributed by atoms with Crippen LogP contribution in [0.5, 0.6) is 0 Å². The van der Waals surface area contributed by atoms with Crippen molar-refractivity contribution in [3.63, 3.8) is 0 Å². The van der Waals surface area contributed by atoms with Crippen LogP contribution in [0.15, 0.2) is 60.7 Å². The van der Waals surface area contributed by atoms with Crippen LogP contribution < -0.4 is 10.6 Å². The molecule has 0 heterocycles. The monoisotopic (exact) mass is 530 g/mol. The van der Waals surface area contributed by atoms with E-state index < -0.39 is 0 Å². The largest absolute Gasteiger partial charge is 0.0622 e. The molecule has 19 heavy (non-hydrogen) atoms. The molecule has 0 nitrogen and oxygen atoms in total. The molecule has 2 rings (SSSR count). The van der Waals surface area contributed by atoms with Crippen molar-refractivity contribution in [3.8, 4) is 0 Å². The molecular formula is C12H11Cl2Fe3PPd. The summed E-state index contributed by atoms with van der Waals surface area (Å²) in [5.41, 5.74) is 0. The van der Waals surface area contributed by atoms with Crippen LogP contribution in [-0.4, -0.2) is 0 Å². The van der Waals surface area contributed by atoms with Gasteiger partial charge in [-0.25, -0.2) is 0 Å². The maximum Gasteiger partial charge on any atom is 0 e. The van der Waals surface area contributed by atoms with E-state index in [1.54, 1.807) is 0 Å². The molecule has 0 spiro atoms. The Hall–Kier alpha value is 1.67. The van der Waals surface area contributed by atoms with Crippen molar-refractivity contribution >= 4 is 38.2 Å². The summed E-state index contributed by atoms with van der Waals surface area (Å²) in [7, 11) is 10.4. The zero-order valence-corrected chi connectivity index (χ0v) is 16.8. The first-order valence-electron chi connectivity index (χ1n) is 4.56. The molecule has 0 saturated carbocycles. The van der Waals surface area contributed by atoms with Crippen molar-refractivity contribution < 1.29 is 67.1 Å². The summed E-state index contributed by atoms with van der Waals surface area (Å²) in [4.78, 5) is 0. The zero-order valence-electron chi connectivity index (χ0n) is 9.41. The van der Waals surface area contributed by atoms with Crippen LogP contribution in [0.4, 0.5) is 0 Å². The Bertz CT molecular complexity index is 355. The van der Waals surface area contributed by atoms with Crippen LogP contribution in [0.1, 0.15) is 0 Å². The molecular weight excluding hydrogens is 520 g/mol. The van der Waals surface area contributed by atoms with Gasteiger partial charge in [0.1, 0.15) is 0 Å². The van der Waals surface area contributed by atoms with Gasteiger partial charge in [-0.1, -0.05) is 69.2 Å². The molecule has 0 aliphatic carbocycles. The summed E-state index contributed by atoms with van der Waals surface area (Å²) in [6.45, 7) is 0. The zero-order chi connectivity index (χ0) is 11.6. The maximum absolute atomic E-state index is 4.81. The van der Waals surface area contributed by atoms with Gasteiger partial charge in [0.15, 0.2) is 0 Å². The number of hydrogen-bond acceptors (Lipinski definition) is 0. The van der Waals surface area contributed by atoms with E-state index in [0.717, 1.165) is 8.58 Å². The third-order valence-electron chi connectivity index (χ3n) is 1.84. The summed E-state index contributed by atoms with van der Waals surface area (Å²) >= 11 is -0.106. The third kappa shape index (κ3) is 13.1. The minimum absolute atomic E-state index is 0. The Labute approximate surface area is 164 Å². The number of benzene rings is 2. The van der Waals surface area contributed by atoms with Crippen molar-refractivity contribution in [2.24, 2.45) is 0 Å². The van der Waals surface area contributed by atoms with E-state index in [9.17, 15) is 0 Å². The topological polar surface area (TPSA) is 0 Å². The van der Waals surface area contributed by atoms with Gasteiger partial charge in [-0.3, -0.25) is 0 Å². The van der Waals surface area contributed by atoms with Gasteiger partial charge in [-0.15, -0.1) is 0 Å². The van der Waals surface area contributed by atoms with Gasteiger partial charge >= 0.3 is 35.0 Å². The molecule has 0 atom stereocenters. The first kappa shape index (κ1) is 25.6. The molecule has 0 aliphatic heterocycles. The van der Waals surface area contributed by atoms with Gasteiger partial charge < -0.3 is 0 Å². The molecule has 7 heteroatoms. The van der Waals surface area contributed by atoms with Crippen LogP contribution in [0.25, 0.3) is 0 Å². The second-order valence-electron chi connectivity index (χ2n) is 2.90. The van der Waals surface area contributed by atoms with Crippen molar-refractivity contribution in [2.75, 3.05) is 0 Å². The average Bonchev–Trinajstić information content (AvgIpc) is 2.33. The van der Waals surface area contributed by atoms with Gasteiger partial charge in [0.25, 0.3) is 0 Å². The summed E-state index contributed by atoms with van der Waals surface area (Å²) in [5, 5.41) is 2.79. The van der Waals surface area contributed by atoms with Gasteiger partial charge in [0.2, 0.25) is 0 Å². The molecule has 112 valence electrons. The molecule has 0 saturated heterocycles.